The number of hydrogen-bond acceptors (Lipinski definition) is 2. The topological polar surface area (TPSA) is 26.8 Å². The lowest BCUT2D eigenvalue weighted by atomic mass is 9.34. The average Bonchev–Trinajstić information content (AvgIpc) is 3.42. The van der Waals surface area contributed by atoms with Gasteiger partial charge in [0.25, 0.3) is 12.4 Å². The molecule has 52 heavy (non-hydrogen) atoms. The molecule has 2 aliphatic heterocycles. The third-order valence-electron chi connectivity index (χ3n) is 11.6. The maximum Gasteiger partial charge on any atom is 0.295 e. The summed E-state index contributed by atoms with van der Waals surface area (Å²) in [4.78, 5) is 0. The van der Waals surface area contributed by atoms with E-state index in [1.165, 1.54) is 66.0 Å². The molecular formula is C47H42BN2O2+. The maximum absolute atomic E-state index is 6.93. The van der Waals surface area contributed by atoms with Crippen molar-refractivity contribution in [2.24, 2.45) is 7.05 Å². The zero-order chi connectivity index (χ0) is 35.8. The van der Waals surface area contributed by atoms with Gasteiger partial charge in [0.05, 0.1) is 12.4 Å². The molecule has 4 heterocycles. The molecule has 0 N–H and O–H groups in total. The lowest BCUT2D eigenvalue weighted by Gasteiger charge is -2.35. The number of pyridine rings is 1. The van der Waals surface area contributed by atoms with Crippen LogP contribution in [-0.2, 0) is 17.9 Å². The molecule has 0 spiro atoms. The minimum Gasteiger partial charge on any atom is -0.458 e. The first-order valence-electron chi connectivity index (χ1n) is 18.4. The van der Waals surface area contributed by atoms with Crippen molar-refractivity contribution in [3.8, 4) is 34.1 Å². The van der Waals surface area contributed by atoms with Crippen molar-refractivity contribution in [2.75, 3.05) is 0 Å². The molecule has 0 aliphatic carbocycles. The van der Waals surface area contributed by atoms with E-state index < -0.39 is 0 Å². The molecule has 0 amide bonds. The van der Waals surface area contributed by atoms with E-state index >= 15 is 0 Å². The van der Waals surface area contributed by atoms with E-state index in [2.05, 4.69) is 174 Å². The second kappa shape index (κ2) is 10.5. The van der Waals surface area contributed by atoms with E-state index in [0.29, 0.717) is 0 Å². The van der Waals surface area contributed by atoms with Gasteiger partial charge in [-0.25, -0.2) is 4.57 Å². The number of benzene rings is 6. The smallest absolute Gasteiger partial charge is 0.295 e. The summed E-state index contributed by atoms with van der Waals surface area (Å²) in [5.41, 5.74) is 14.4. The van der Waals surface area contributed by atoms with Crippen LogP contribution in [0.15, 0.2) is 109 Å². The molecule has 5 heteroatoms. The van der Waals surface area contributed by atoms with Crippen LogP contribution in [0.1, 0.15) is 58.2 Å². The maximum atomic E-state index is 6.93. The fourth-order valence-corrected chi connectivity index (χ4v) is 8.83. The predicted octanol–water partition coefficient (Wildman–Crippen LogP) is 9.52. The summed E-state index contributed by atoms with van der Waals surface area (Å²) in [6.45, 7) is 15.9. The third-order valence-corrected chi connectivity index (χ3v) is 11.6. The fourth-order valence-electron chi connectivity index (χ4n) is 8.83. The second-order valence-electron chi connectivity index (χ2n) is 16.9. The van der Waals surface area contributed by atoms with Crippen LogP contribution in [0.5, 0.6) is 23.0 Å². The standard InChI is InChI=1S/C47H42BN2O2/c1-27-17-20-31(43-32-13-9-10-14-35(32)50-37-16-12-11-15-36(37)49(8)45(50)42(27)43)28-23-40-44-41(24-28)52-39-22-19-30(47(5,6)7)26-34(39)48(44)33-25-29(46(2,3)4)18-21-38(33)51-40/h9-26H,1-8H3/q+1. The molecule has 10 rings (SSSR count). The Morgan fingerprint density at radius 2 is 1.17 bits per heavy atom. The number of nitrogens with zero attached hydrogens (tertiary/aromatic N) is 2. The van der Waals surface area contributed by atoms with Gasteiger partial charge in [-0.2, -0.15) is 4.40 Å². The third kappa shape index (κ3) is 4.32. The van der Waals surface area contributed by atoms with Gasteiger partial charge in [0.15, 0.2) is 11.0 Å². The van der Waals surface area contributed by atoms with Gasteiger partial charge in [0.2, 0.25) is 0 Å². The van der Waals surface area contributed by atoms with Gasteiger partial charge >= 0.3 is 0 Å². The van der Waals surface area contributed by atoms with E-state index in [4.69, 9.17) is 9.47 Å². The number of para-hydroxylation sites is 3. The van der Waals surface area contributed by atoms with Crippen LogP contribution >= 0.6 is 0 Å². The minimum absolute atomic E-state index is 0.00133. The van der Waals surface area contributed by atoms with Crippen molar-refractivity contribution < 1.29 is 14.0 Å². The number of rotatable bonds is 1. The molecule has 0 radical (unpaired) electrons. The summed E-state index contributed by atoms with van der Waals surface area (Å²) in [6.07, 6.45) is 0. The number of aryl methyl sites for hydroxylation is 2. The molecule has 0 saturated heterocycles. The van der Waals surface area contributed by atoms with Crippen molar-refractivity contribution in [1.29, 1.82) is 0 Å². The Labute approximate surface area is 305 Å². The summed E-state index contributed by atoms with van der Waals surface area (Å²) in [7, 11) is 2.19. The van der Waals surface area contributed by atoms with Gasteiger partial charge in [-0.15, -0.1) is 0 Å². The highest BCUT2D eigenvalue weighted by atomic mass is 16.5. The summed E-state index contributed by atoms with van der Waals surface area (Å²) in [5.74, 6) is 3.54. The fraction of sp³-hybridized carbons (Fsp3) is 0.213. The molecule has 0 unspecified atom stereocenters. The first-order valence-corrected chi connectivity index (χ1v) is 18.4. The van der Waals surface area contributed by atoms with Crippen molar-refractivity contribution >= 4 is 61.5 Å². The number of hydrogen-bond donors (Lipinski definition) is 0. The molecule has 4 nitrogen and oxygen atoms in total. The predicted molar refractivity (Wildman–Crippen MR) is 216 cm³/mol. The van der Waals surface area contributed by atoms with Gasteiger partial charge in [-0.3, -0.25) is 0 Å². The lowest BCUT2D eigenvalue weighted by molar-refractivity contribution is -0.617. The quantitative estimate of drug-likeness (QED) is 0.0984. The molecule has 0 fully saturated rings. The van der Waals surface area contributed by atoms with E-state index in [0.717, 1.165) is 39.6 Å². The summed E-state index contributed by atoms with van der Waals surface area (Å²) in [6, 6.07) is 40.1. The average molecular weight is 678 g/mol. The summed E-state index contributed by atoms with van der Waals surface area (Å²) < 4.78 is 18.6. The molecule has 6 aromatic carbocycles. The normalized spacial score (nSPS) is 13.7. The van der Waals surface area contributed by atoms with Crippen molar-refractivity contribution in [1.82, 2.24) is 4.40 Å². The Bertz CT molecular complexity index is 2760. The summed E-state index contributed by atoms with van der Waals surface area (Å²) in [5, 5.41) is 3.71. The lowest BCUT2D eigenvalue weighted by Crippen LogP contribution is -2.57. The molecule has 254 valence electrons. The Hall–Kier alpha value is -5.55. The van der Waals surface area contributed by atoms with Crippen LogP contribution in [0.3, 0.4) is 0 Å². The molecular weight excluding hydrogens is 635 g/mol. The highest BCUT2D eigenvalue weighted by Crippen LogP contribution is 2.44. The van der Waals surface area contributed by atoms with E-state index in [9.17, 15) is 0 Å². The number of aromatic nitrogens is 2. The van der Waals surface area contributed by atoms with Crippen LogP contribution < -0.4 is 30.4 Å². The van der Waals surface area contributed by atoms with Crippen molar-refractivity contribution in [3.63, 3.8) is 0 Å². The monoisotopic (exact) mass is 677 g/mol. The van der Waals surface area contributed by atoms with Gasteiger partial charge in [0.1, 0.15) is 28.5 Å². The number of ether oxygens (including phenoxy) is 2. The molecule has 0 bridgehead atoms. The van der Waals surface area contributed by atoms with Gasteiger partial charge < -0.3 is 9.47 Å². The van der Waals surface area contributed by atoms with Gasteiger partial charge in [-0.1, -0.05) is 108 Å². The second-order valence-corrected chi connectivity index (χ2v) is 16.9. The highest BCUT2D eigenvalue weighted by Gasteiger charge is 2.42. The van der Waals surface area contributed by atoms with Crippen LogP contribution in [0.4, 0.5) is 0 Å². The van der Waals surface area contributed by atoms with Crippen LogP contribution in [0, 0.1) is 6.92 Å². The zero-order valence-corrected chi connectivity index (χ0v) is 31.2. The van der Waals surface area contributed by atoms with Gasteiger partial charge in [0, 0.05) is 16.2 Å². The highest BCUT2D eigenvalue weighted by molar-refractivity contribution is 6.98. The Kier molecular flexibility index (Phi) is 6.31. The van der Waals surface area contributed by atoms with Crippen molar-refractivity contribution in [2.45, 2.75) is 59.3 Å². The number of fused-ring (bicyclic) bond motifs is 12. The zero-order valence-electron chi connectivity index (χ0n) is 31.2. The van der Waals surface area contributed by atoms with Crippen LogP contribution in [-0.4, -0.2) is 11.1 Å². The van der Waals surface area contributed by atoms with Gasteiger partial charge in [-0.05, 0) is 99.0 Å². The van der Waals surface area contributed by atoms with E-state index in [1.54, 1.807) is 0 Å². The van der Waals surface area contributed by atoms with Crippen LogP contribution in [0.25, 0.3) is 49.5 Å². The molecule has 0 saturated carbocycles. The van der Waals surface area contributed by atoms with Crippen LogP contribution in [0.2, 0.25) is 0 Å². The van der Waals surface area contributed by atoms with Crippen molar-refractivity contribution in [3.05, 3.63) is 126 Å². The largest absolute Gasteiger partial charge is 0.458 e. The molecule has 0 atom stereocenters. The van der Waals surface area contributed by atoms with E-state index in [-0.39, 0.29) is 17.5 Å². The molecule has 8 aromatic rings. The first-order chi connectivity index (χ1) is 24.9. The number of imidazole rings is 1. The molecule has 2 aliphatic rings. The Balaban J connectivity index is 1.27. The molecule has 2 aromatic heterocycles. The first kappa shape index (κ1) is 31.2. The van der Waals surface area contributed by atoms with E-state index in [1.807, 2.05) is 0 Å². The SMILES string of the molecule is Cc1ccc(-c2cc3c4c(c2)Oc2ccc(C(C)(C)C)cc2B4c2cc(C(C)(C)C)ccc2O3)c2c3ccccc3n3c4ccccc4[n+](C)c3c12. The minimum atomic E-state index is -0.00133. The summed E-state index contributed by atoms with van der Waals surface area (Å²) >= 11 is 0. The Morgan fingerprint density at radius 3 is 1.79 bits per heavy atom. The Morgan fingerprint density at radius 1 is 0.596 bits per heavy atom.